The van der Waals surface area contributed by atoms with Crippen LogP contribution >= 0.6 is 0 Å². The van der Waals surface area contributed by atoms with Crippen LogP contribution in [0.1, 0.15) is 25.7 Å². The molecule has 1 saturated heterocycles. The average molecular weight is 285 g/mol. The van der Waals surface area contributed by atoms with E-state index in [2.05, 4.69) is 15.5 Å². The first-order valence-corrected chi connectivity index (χ1v) is 7.18. The third-order valence-electron chi connectivity index (χ3n) is 4.00. The third kappa shape index (κ3) is 4.35. The van der Waals surface area contributed by atoms with Gasteiger partial charge in [0.05, 0.1) is 25.2 Å². The molecule has 0 aromatic carbocycles. The molecule has 114 valence electrons. The van der Waals surface area contributed by atoms with Crippen molar-refractivity contribution in [3.63, 3.8) is 0 Å². The number of carbonyl (C=O) groups is 2. The van der Waals surface area contributed by atoms with Crippen molar-refractivity contribution in [2.24, 2.45) is 0 Å². The zero-order valence-electron chi connectivity index (χ0n) is 11.7. The molecule has 2 fully saturated rings. The molecule has 0 aromatic heterocycles. The molecule has 2 rings (SSSR count). The van der Waals surface area contributed by atoms with Crippen LogP contribution in [0.15, 0.2) is 0 Å². The number of hydrogen-bond acceptors (Lipinski definition) is 4. The maximum Gasteiger partial charge on any atom is 0.315 e. The Balaban J connectivity index is 1.65. The van der Waals surface area contributed by atoms with Gasteiger partial charge in [0, 0.05) is 26.2 Å². The van der Waals surface area contributed by atoms with Crippen molar-refractivity contribution in [1.82, 2.24) is 15.5 Å². The van der Waals surface area contributed by atoms with Gasteiger partial charge >= 0.3 is 12.0 Å². The van der Waals surface area contributed by atoms with E-state index in [1.807, 2.05) is 0 Å². The van der Waals surface area contributed by atoms with E-state index in [4.69, 9.17) is 9.84 Å². The highest BCUT2D eigenvalue weighted by Gasteiger charge is 2.40. The highest BCUT2D eigenvalue weighted by Crippen LogP contribution is 2.34. The molecule has 7 heteroatoms. The molecule has 20 heavy (non-hydrogen) atoms. The highest BCUT2D eigenvalue weighted by atomic mass is 16.5. The monoisotopic (exact) mass is 285 g/mol. The van der Waals surface area contributed by atoms with Crippen molar-refractivity contribution in [3.8, 4) is 0 Å². The zero-order valence-corrected chi connectivity index (χ0v) is 11.7. The number of urea groups is 1. The summed E-state index contributed by atoms with van der Waals surface area (Å²) in [7, 11) is 0. The number of morpholine rings is 1. The molecule has 3 N–H and O–H groups in total. The largest absolute Gasteiger partial charge is 0.481 e. The molecule has 1 heterocycles. The summed E-state index contributed by atoms with van der Waals surface area (Å²) in [5.41, 5.74) is -0.533. The van der Waals surface area contributed by atoms with Crippen molar-refractivity contribution < 1.29 is 19.4 Å². The number of rotatable bonds is 6. The Morgan fingerprint density at radius 3 is 2.50 bits per heavy atom. The number of carbonyl (C=O) groups excluding carboxylic acids is 1. The summed E-state index contributed by atoms with van der Waals surface area (Å²) in [4.78, 5) is 24.9. The molecule has 0 atom stereocenters. The number of carboxylic acids is 1. The van der Waals surface area contributed by atoms with Crippen LogP contribution in [0.25, 0.3) is 0 Å². The average Bonchev–Trinajstić information content (AvgIpc) is 2.37. The molecule has 0 aromatic rings. The van der Waals surface area contributed by atoms with Crippen LogP contribution in [-0.2, 0) is 9.53 Å². The summed E-state index contributed by atoms with van der Waals surface area (Å²) in [6, 6.07) is -0.265. The fraction of sp³-hybridized carbons (Fsp3) is 0.846. The SMILES string of the molecule is O=C(O)CC1(NC(=O)NCCN2CCOCC2)CCC1. The van der Waals surface area contributed by atoms with Gasteiger partial charge in [-0.05, 0) is 19.3 Å². The Morgan fingerprint density at radius 2 is 1.95 bits per heavy atom. The highest BCUT2D eigenvalue weighted by molar-refractivity contribution is 5.77. The third-order valence-corrected chi connectivity index (χ3v) is 4.00. The van der Waals surface area contributed by atoms with Gasteiger partial charge < -0.3 is 20.5 Å². The van der Waals surface area contributed by atoms with E-state index in [-0.39, 0.29) is 12.5 Å². The zero-order chi connectivity index (χ0) is 14.4. The minimum Gasteiger partial charge on any atom is -0.481 e. The van der Waals surface area contributed by atoms with Gasteiger partial charge in [-0.1, -0.05) is 0 Å². The topological polar surface area (TPSA) is 90.9 Å². The van der Waals surface area contributed by atoms with Gasteiger partial charge in [0.1, 0.15) is 0 Å². The number of ether oxygens (including phenoxy) is 1. The Morgan fingerprint density at radius 1 is 1.25 bits per heavy atom. The van der Waals surface area contributed by atoms with Crippen molar-refractivity contribution >= 4 is 12.0 Å². The lowest BCUT2D eigenvalue weighted by Gasteiger charge is -2.41. The minimum atomic E-state index is -0.863. The second kappa shape index (κ2) is 6.90. The van der Waals surface area contributed by atoms with E-state index in [9.17, 15) is 9.59 Å². The first-order chi connectivity index (χ1) is 9.60. The second-order valence-electron chi connectivity index (χ2n) is 5.54. The summed E-state index contributed by atoms with van der Waals surface area (Å²) in [6.45, 7) is 4.64. The van der Waals surface area contributed by atoms with E-state index in [1.165, 1.54) is 0 Å². The smallest absolute Gasteiger partial charge is 0.315 e. The van der Waals surface area contributed by atoms with Crippen LogP contribution in [0, 0.1) is 0 Å². The maximum absolute atomic E-state index is 11.8. The predicted octanol–water partition coefficient (Wildman–Crippen LogP) is 0.0152. The van der Waals surface area contributed by atoms with Crippen molar-refractivity contribution in [3.05, 3.63) is 0 Å². The summed E-state index contributed by atoms with van der Waals surface area (Å²) < 4.78 is 5.26. The van der Waals surface area contributed by atoms with E-state index in [0.717, 1.165) is 52.1 Å². The Hall–Kier alpha value is -1.34. The van der Waals surface area contributed by atoms with Gasteiger partial charge in [-0.2, -0.15) is 0 Å². The van der Waals surface area contributed by atoms with E-state index in [0.29, 0.717) is 6.54 Å². The Labute approximate surface area is 118 Å². The number of carboxylic acid groups (broad SMARTS) is 1. The minimum absolute atomic E-state index is 0.00385. The maximum atomic E-state index is 11.8. The molecule has 2 aliphatic rings. The molecule has 0 unspecified atom stereocenters. The van der Waals surface area contributed by atoms with Gasteiger partial charge in [0.2, 0.25) is 0 Å². The normalized spacial score (nSPS) is 21.8. The Kier molecular flexibility index (Phi) is 5.19. The summed E-state index contributed by atoms with van der Waals surface area (Å²) in [5, 5.41) is 14.5. The summed E-state index contributed by atoms with van der Waals surface area (Å²) in [6.07, 6.45) is 2.47. The van der Waals surface area contributed by atoms with Crippen LogP contribution in [-0.4, -0.2) is 66.9 Å². The molecule has 0 bridgehead atoms. The lowest BCUT2D eigenvalue weighted by atomic mass is 9.74. The molecule has 2 amide bonds. The van der Waals surface area contributed by atoms with Crippen LogP contribution in [0.2, 0.25) is 0 Å². The van der Waals surface area contributed by atoms with Crippen molar-refractivity contribution in [1.29, 1.82) is 0 Å². The molecule has 0 radical (unpaired) electrons. The number of nitrogens with one attached hydrogen (secondary N) is 2. The van der Waals surface area contributed by atoms with Crippen LogP contribution < -0.4 is 10.6 Å². The number of aliphatic carboxylic acids is 1. The van der Waals surface area contributed by atoms with Crippen molar-refractivity contribution in [2.75, 3.05) is 39.4 Å². The fourth-order valence-corrected chi connectivity index (χ4v) is 2.68. The number of amides is 2. The standard InChI is InChI=1S/C13H23N3O4/c17-11(18)10-13(2-1-3-13)15-12(19)14-4-5-16-6-8-20-9-7-16/h1-10H2,(H,17,18)(H2,14,15,19). The van der Waals surface area contributed by atoms with Crippen LogP contribution in [0.5, 0.6) is 0 Å². The molecular formula is C13H23N3O4. The molecule has 1 saturated carbocycles. The van der Waals surface area contributed by atoms with Gasteiger partial charge in [-0.15, -0.1) is 0 Å². The number of hydrogen-bond donors (Lipinski definition) is 3. The van der Waals surface area contributed by atoms with Gasteiger partial charge in [-0.3, -0.25) is 9.69 Å². The fourth-order valence-electron chi connectivity index (χ4n) is 2.68. The van der Waals surface area contributed by atoms with E-state index >= 15 is 0 Å². The summed E-state index contributed by atoms with van der Waals surface area (Å²) >= 11 is 0. The molecule has 1 aliphatic carbocycles. The predicted molar refractivity (Wildman–Crippen MR) is 72.6 cm³/mol. The van der Waals surface area contributed by atoms with E-state index in [1.54, 1.807) is 0 Å². The first kappa shape index (κ1) is 15.1. The van der Waals surface area contributed by atoms with Gasteiger partial charge in [0.25, 0.3) is 0 Å². The van der Waals surface area contributed by atoms with Crippen LogP contribution in [0.3, 0.4) is 0 Å². The van der Waals surface area contributed by atoms with Gasteiger partial charge in [-0.25, -0.2) is 4.79 Å². The molecular weight excluding hydrogens is 262 g/mol. The summed E-state index contributed by atoms with van der Waals surface area (Å²) in [5.74, 6) is -0.863. The second-order valence-corrected chi connectivity index (χ2v) is 5.54. The van der Waals surface area contributed by atoms with E-state index < -0.39 is 11.5 Å². The quantitative estimate of drug-likeness (QED) is 0.640. The Bertz CT molecular complexity index is 352. The molecule has 7 nitrogen and oxygen atoms in total. The van der Waals surface area contributed by atoms with Crippen molar-refractivity contribution in [2.45, 2.75) is 31.2 Å². The lowest BCUT2D eigenvalue weighted by Crippen LogP contribution is -2.57. The van der Waals surface area contributed by atoms with Gasteiger partial charge in [0.15, 0.2) is 0 Å². The number of nitrogens with zero attached hydrogens (tertiary/aromatic N) is 1. The van der Waals surface area contributed by atoms with Crippen LogP contribution in [0.4, 0.5) is 4.79 Å². The molecule has 1 aliphatic heterocycles. The molecule has 0 spiro atoms. The lowest BCUT2D eigenvalue weighted by molar-refractivity contribution is -0.139. The first-order valence-electron chi connectivity index (χ1n) is 7.18.